The number of nitrogens with zero attached hydrogens (tertiary/aromatic N) is 2. The summed E-state index contributed by atoms with van der Waals surface area (Å²) < 4.78 is 1.97. The van der Waals surface area contributed by atoms with Crippen LogP contribution in [0.25, 0.3) is 0 Å². The molecule has 1 amide bonds. The quantitative estimate of drug-likeness (QED) is 0.864. The normalized spacial score (nSPS) is 10.1. The van der Waals surface area contributed by atoms with Gasteiger partial charge in [-0.25, -0.2) is 4.98 Å². The molecular formula is C13H16N4O. The number of aryl methyl sites for hydroxylation is 1. The summed E-state index contributed by atoms with van der Waals surface area (Å²) in [6.07, 6.45) is 3.69. The fourth-order valence-electron chi connectivity index (χ4n) is 1.62. The molecule has 0 unspecified atom stereocenters. The highest BCUT2D eigenvalue weighted by Gasteiger charge is 1.99. The third kappa shape index (κ3) is 3.10. The summed E-state index contributed by atoms with van der Waals surface area (Å²) in [5, 5.41) is 6.00. The number of hydrogen-bond donors (Lipinski definition) is 2. The molecule has 5 heteroatoms. The smallest absolute Gasteiger partial charge is 0.221 e. The third-order valence-electron chi connectivity index (χ3n) is 2.58. The second-order valence-electron chi connectivity index (χ2n) is 4.07. The van der Waals surface area contributed by atoms with Crippen LogP contribution >= 0.6 is 0 Å². The van der Waals surface area contributed by atoms with Crippen molar-refractivity contribution in [3.63, 3.8) is 0 Å². The van der Waals surface area contributed by atoms with Crippen molar-refractivity contribution >= 4 is 17.3 Å². The molecule has 2 rings (SSSR count). The molecule has 0 aliphatic carbocycles. The second kappa shape index (κ2) is 5.35. The molecule has 1 heterocycles. The fraction of sp³-hybridized carbons (Fsp3) is 0.231. The highest BCUT2D eigenvalue weighted by atomic mass is 16.1. The average molecular weight is 244 g/mol. The van der Waals surface area contributed by atoms with E-state index in [4.69, 9.17) is 0 Å². The first-order valence-corrected chi connectivity index (χ1v) is 5.73. The van der Waals surface area contributed by atoms with E-state index in [1.807, 2.05) is 42.1 Å². The first kappa shape index (κ1) is 12.2. The van der Waals surface area contributed by atoms with E-state index < -0.39 is 0 Å². The largest absolute Gasteiger partial charge is 0.378 e. The zero-order chi connectivity index (χ0) is 13.0. The van der Waals surface area contributed by atoms with E-state index in [1.165, 1.54) is 6.92 Å². The molecule has 0 atom stereocenters. The van der Waals surface area contributed by atoms with E-state index in [0.29, 0.717) is 6.54 Å². The van der Waals surface area contributed by atoms with Crippen molar-refractivity contribution in [1.82, 2.24) is 9.55 Å². The third-order valence-corrected chi connectivity index (χ3v) is 2.58. The van der Waals surface area contributed by atoms with Crippen LogP contribution in [0, 0.1) is 0 Å². The molecule has 1 aromatic carbocycles. The molecule has 2 N–H and O–H groups in total. The Balaban J connectivity index is 1.94. The van der Waals surface area contributed by atoms with Crippen LogP contribution < -0.4 is 10.6 Å². The molecule has 0 bridgehead atoms. The van der Waals surface area contributed by atoms with Gasteiger partial charge in [-0.15, -0.1) is 0 Å². The van der Waals surface area contributed by atoms with Gasteiger partial charge in [0.25, 0.3) is 0 Å². The summed E-state index contributed by atoms with van der Waals surface area (Å²) in [7, 11) is 1.96. The van der Waals surface area contributed by atoms with Crippen molar-refractivity contribution in [3.8, 4) is 0 Å². The number of carbonyl (C=O) groups is 1. The molecule has 0 saturated carbocycles. The second-order valence-corrected chi connectivity index (χ2v) is 4.07. The monoisotopic (exact) mass is 244 g/mol. The molecule has 94 valence electrons. The SMILES string of the molecule is CC(=O)Nc1ccc(NCc2nccn2C)cc1. The molecule has 1 aromatic heterocycles. The van der Waals surface area contributed by atoms with E-state index in [0.717, 1.165) is 17.2 Å². The predicted octanol–water partition coefficient (Wildman–Crippen LogP) is 1.99. The summed E-state index contributed by atoms with van der Waals surface area (Å²) in [5.41, 5.74) is 1.79. The lowest BCUT2D eigenvalue weighted by Gasteiger charge is -2.07. The lowest BCUT2D eigenvalue weighted by atomic mass is 10.2. The van der Waals surface area contributed by atoms with Crippen LogP contribution in [0.2, 0.25) is 0 Å². The van der Waals surface area contributed by atoms with E-state index in [1.54, 1.807) is 6.20 Å². The Morgan fingerprint density at radius 2 is 1.94 bits per heavy atom. The molecule has 0 saturated heterocycles. The number of hydrogen-bond acceptors (Lipinski definition) is 3. The van der Waals surface area contributed by atoms with Gasteiger partial charge in [-0.3, -0.25) is 4.79 Å². The maximum absolute atomic E-state index is 10.9. The Hall–Kier alpha value is -2.30. The number of amides is 1. The van der Waals surface area contributed by atoms with Gasteiger partial charge in [-0.1, -0.05) is 0 Å². The van der Waals surface area contributed by atoms with Crippen LogP contribution in [0.4, 0.5) is 11.4 Å². The topological polar surface area (TPSA) is 59.0 Å². The lowest BCUT2D eigenvalue weighted by Crippen LogP contribution is -2.07. The highest BCUT2D eigenvalue weighted by molar-refractivity contribution is 5.88. The van der Waals surface area contributed by atoms with E-state index >= 15 is 0 Å². The van der Waals surface area contributed by atoms with Crippen molar-refractivity contribution in [2.45, 2.75) is 13.5 Å². The molecule has 0 aliphatic rings. The van der Waals surface area contributed by atoms with Crippen LogP contribution in [0.15, 0.2) is 36.7 Å². The van der Waals surface area contributed by atoms with Crippen LogP contribution in [0.3, 0.4) is 0 Å². The van der Waals surface area contributed by atoms with Gasteiger partial charge < -0.3 is 15.2 Å². The molecular weight excluding hydrogens is 228 g/mol. The zero-order valence-electron chi connectivity index (χ0n) is 10.5. The Kier molecular flexibility index (Phi) is 3.62. The number of carbonyl (C=O) groups excluding carboxylic acids is 1. The molecule has 0 radical (unpaired) electrons. The van der Waals surface area contributed by atoms with Gasteiger partial charge in [-0.05, 0) is 24.3 Å². The maximum Gasteiger partial charge on any atom is 0.221 e. The number of rotatable bonds is 4. The minimum atomic E-state index is -0.0660. The molecule has 0 spiro atoms. The van der Waals surface area contributed by atoms with E-state index in [-0.39, 0.29) is 5.91 Å². The molecule has 2 aromatic rings. The van der Waals surface area contributed by atoms with Crippen LogP contribution in [0.5, 0.6) is 0 Å². The molecule has 18 heavy (non-hydrogen) atoms. The van der Waals surface area contributed by atoms with Crippen molar-refractivity contribution in [1.29, 1.82) is 0 Å². The van der Waals surface area contributed by atoms with Crippen LogP contribution in [-0.4, -0.2) is 15.5 Å². The average Bonchev–Trinajstić information content (AvgIpc) is 2.73. The van der Waals surface area contributed by atoms with E-state index in [9.17, 15) is 4.79 Å². The Morgan fingerprint density at radius 3 is 2.50 bits per heavy atom. The Bertz CT molecular complexity index is 530. The molecule has 5 nitrogen and oxygen atoms in total. The van der Waals surface area contributed by atoms with Gasteiger partial charge in [0.15, 0.2) is 0 Å². The lowest BCUT2D eigenvalue weighted by molar-refractivity contribution is -0.114. The van der Waals surface area contributed by atoms with E-state index in [2.05, 4.69) is 15.6 Å². The molecule has 0 aliphatic heterocycles. The van der Waals surface area contributed by atoms with Gasteiger partial charge in [0.1, 0.15) is 5.82 Å². The van der Waals surface area contributed by atoms with Gasteiger partial charge in [-0.2, -0.15) is 0 Å². The van der Waals surface area contributed by atoms with Gasteiger partial charge >= 0.3 is 0 Å². The van der Waals surface area contributed by atoms with Crippen molar-refractivity contribution in [2.75, 3.05) is 10.6 Å². The summed E-state index contributed by atoms with van der Waals surface area (Å²) in [5.74, 6) is 0.907. The number of imidazole rings is 1. The van der Waals surface area contributed by atoms with Crippen molar-refractivity contribution in [2.24, 2.45) is 7.05 Å². The summed E-state index contributed by atoms with van der Waals surface area (Å²) in [6, 6.07) is 7.58. The first-order chi connectivity index (χ1) is 8.65. The predicted molar refractivity (Wildman–Crippen MR) is 71.3 cm³/mol. The minimum Gasteiger partial charge on any atom is -0.378 e. The van der Waals surface area contributed by atoms with Gasteiger partial charge in [0.05, 0.1) is 6.54 Å². The fourth-order valence-corrected chi connectivity index (χ4v) is 1.62. The molecule has 0 fully saturated rings. The summed E-state index contributed by atoms with van der Waals surface area (Å²) in [4.78, 5) is 15.1. The van der Waals surface area contributed by atoms with Crippen molar-refractivity contribution < 1.29 is 4.79 Å². The van der Waals surface area contributed by atoms with Gasteiger partial charge in [0, 0.05) is 37.7 Å². The Morgan fingerprint density at radius 1 is 1.28 bits per heavy atom. The number of nitrogens with one attached hydrogen (secondary N) is 2. The minimum absolute atomic E-state index is 0.0660. The van der Waals surface area contributed by atoms with Gasteiger partial charge in [0.2, 0.25) is 5.91 Å². The first-order valence-electron chi connectivity index (χ1n) is 5.73. The Labute approximate surface area is 106 Å². The highest BCUT2D eigenvalue weighted by Crippen LogP contribution is 2.14. The summed E-state index contributed by atoms with van der Waals surface area (Å²) >= 11 is 0. The van der Waals surface area contributed by atoms with Crippen molar-refractivity contribution in [3.05, 3.63) is 42.5 Å². The van der Waals surface area contributed by atoms with Crippen LogP contribution in [-0.2, 0) is 18.4 Å². The summed E-state index contributed by atoms with van der Waals surface area (Å²) in [6.45, 7) is 2.16. The van der Waals surface area contributed by atoms with Crippen LogP contribution in [0.1, 0.15) is 12.7 Å². The number of anilines is 2. The number of benzene rings is 1. The number of aromatic nitrogens is 2. The standard InChI is InChI=1S/C13H16N4O/c1-10(18)16-12-5-3-11(4-6-12)15-9-13-14-7-8-17(13)2/h3-8,15H,9H2,1-2H3,(H,16,18). The zero-order valence-corrected chi connectivity index (χ0v) is 10.5. The maximum atomic E-state index is 10.9.